The molecule has 186 valence electrons. The number of hydrogen-bond donors (Lipinski definition) is 1. The quantitative estimate of drug-likeness (QED) is 0.595. The number of alkyl halides is 3. The van der Waals surface area contributed by atoms with Crippen molar-refractivity contribution >= 4 is 17.5 Å². The lowest BCUT2D eigenvalue weighted by Crippen LogP contribution is -2.53. The minimum absolute atomic E-state index is 0.0713. The summed E-state index contributed by atoms with van der Waals surface area (Å²) in [5.41, 5.74) is 2.30. The summed E-state index contributed by atoms with van der Waals surface area (Å²) in [5.74, 6) is 0.124. The van der Waals surface area contributed by atoms with E-state index in [2.05, 4.69) is 34.7 Å². The maximum absolute atomic E-state index is 12.9. The molecule has 0 bridgehead atoms. The number of pyridine rings is 1. The zero-order valence-electron chi connectivity index (χ0n) is 20.1. The zero-order chi connectivity index (χ0) is 25.0. The van der Waals surface area contributed by atoms with Gasteiger partial charge in [-0.15, -0.1) is 0 Å². The van der Waals surface area contributed by atoms with Crippen LogP contribution in [0.5, 0.6) is 0 Å². The summed E-state index contributed by atoms with van der Waals surface area (Å²) in [4.78, 5) is 21.4. The summed E-state index contributed by atoms with van der Waals surface area (Å²) in [6, 6.07) is 8.82. The maximum Gasteiger partial charge on any atom is 0.417 e. The predicted octanol–water partition coefficient (Wildman–Crippen LogP) is 4.67. The molecule has 6 nitrogen and oxygen atoms in total. The van der Waals surface area contributed by atoms with Gasteiger partial charge in [0.1, 0.15) is 12.4 Å². The number of piperazine rings is 1. The monoisotopic (exact) mass is 478 g/mol. The molecular weight excluding hydrogens is 445 g/mol. The van der Waals surface area contributed by atoms with Crippen LogP contribution in [0.2, 0.25) is 0 Å². The van der Waals surface area contributed by atoms with E-state index in [1.165, 1.54) is 6.07 Å². The van der Waals surface area contributed by atoms with Gasteiger partial charge in [-0.2, -0.15) is 13.2 Å². The Bertz CT molecular complexity index is 979. The van der Waals surface area contributed by atoms with Crippen molar-refractivity contribution in [1.82, 2.24) is 9.88 Å². The molecule has 9 heteroatoms. The lowest BCUT2D eigenvalue weighted by atomic mass is 9.99. The molecule has 0 unspecified atom stereocenters. The molecule has 1 aromatic carbocycles. The van der Waals surface area contributed by atoms with Crippen LogP contribution in [0.4, 0.5) is 24.7 Å². The van der Waals surface area contributed by atoms with E-state index in [4.69, 9.17) is 5.11 Å². The molecule has 0 amide bonds. The Balaban J connectivity index is 1.75. The fourth-order valence-electron chi connectivity index (χ4n) is 4.54. The minimum Gasteiger partial charge on any atom is -0.480 e. The highest BCUT2D eigenvalue weighted by atomic mass is 19.4. The summed E-state index contributed by atoms with van der Waals surface area (Å²) < 4.78 is 38.8. The van der Waals surface area contributed by atoms with E-state index in [1.54, 1.807) is 11.9 Å². The molecule has 34 heavy (non-hydrogen) atoms. The summed E-state index contributed by atoms with van der Waals surface area (Å²) >= 11 is 0. The smallest absolute Gasteiger partial charge is 0.417 e. The predicted molar refractivity (Wildman–Crippen MR) is 127 cm³/mol. The number of aromatic nitrogens is 1. The molecule has 2 heterocycles. The molecule has 0 aliphatic carbocycles. The van der Waals surface area contributed by atoms with Crippen molar-refractivity contribution in [3.63, 3.8) is 0 Å². The summed E-state index contributed by atoms with van der Waals surface area (Å²) in [6.45, 7) is 9.13. The Hall–Kier alpha value is -2.81. The lowest BCUT2D eigenvalue weighted by Gasteiger charge is -2.43. The SMILES string of the molecule is Cc1cc(CN2CCN(c3ccc(C(F)(F)F)cn3)[C@H](CC(C)C)C2)cc(N(C)CC(=O)O)c1. The molecule has 1 aromatic heterocycles. The van der Waals surface area contributed by atoms with Gasteiger partial charge in [0.05, 0.1) is 5.56 Å². The van der Waals surface area contributed by atoms with Gasteiger partial charge in [0.15, 0.2) is 0 Å². The van der Waals surface area contributed by atoms with Gasteiger partial charge in [-0.25, -0.2) is 4.98 Å². The first kappa shape index (κ1) is 25.8. The van der Waals surface area contributed by atoms with Crippen molar-refractivity contribution in [3.05, 3.63) is 53.2 Å². The number of nitrogens with zero attached hydrogens (tertiary/aromatic N) is 4. The molecule has 0 radical (unpaired) electrons. The molecule has 0 saturated carbocycles. The van der Waals surface area contributed by atoms with Gasteiger partial charge < -0.3 is 14.9 Å². The molecule has 0 spiro atoms. The number of benzene rings is 1. The van der Waals surface area contributed by atoms with Crippen LogP contribution in [0.3, 0.4) is 0 Å². The van der Waals surface area contributed by atoms with Crippen LogP contribution in [0.15, 0.2) is 36.5 Å². The van der Waals surface area contributed by atoms with Crippen LogP contribution in [0, 0.1) is 12.8 Å². The highest BCUT2D eigenvalue weighted by Gasteiger charge is 2.32. The molecule has 1 fully saturated rings. The van der Waals surface area contributed by atoms with Crippen LogP contribution in [0.25, 0.3) is 0 Å². The Morgan fingerprint density at radius 1 is 1.24 bits per heavy atom. The van der Waals surface area contributed by atoms with Crippen LogP contribution in [-0.2, 0) is 17.5 Å². The van der Waals surface area contributed by atoms with E-state index < -0.39 is 17.7 Å². The Labute approximate surface area is 199 Å². The van der Waals surface area contributed by atoms with E-state index in [1.807, 2.05) is 19.1 Å². The van der Waals surface area contributed by atoms with Crippen molar-refractivity contribution in [2.45, 2.75) is 46.0 Å². The Kier molecular flexibility index (Phi) is 8.07. The Morgan fingerprint density at radius 2 is 1.97 bits per heavy atom. The van der Waals surface area contributed by atoms with Crippen molar-refractivity contribution in [3.8, 4) is 0 Å². The molecule has 1 aliphatic heterocycles. The molecule has 1 saturated heterocycles. The number of likely N-dealkylation sites (N-methyl/N-ethyl adjacent to an activating group) is 1. The van der Waals surface area contributed by atoms with Crippen LogP contribution < -0.4 is 9.80 Å². The van der Waals surface area contributed by atoms with E-state index >= 15 is 0 Å². The summed E-state index contributed by atoms with van der Waals surface area (Å²) in [7, 11) is 1.77. The molecule has 3 rings (SSSR count). The topological polar surface area (TPSA) is 59.9 Å². The average molecular weight is 479 g/mol. The summed E-state index contributed by atoms with van der Waals surface area (Å²) in [5, 5.41) is 9.10. The van der Waals surface area contributed by atoms with Gasteiger partial charge in [0.2, 0.25) is 0 Å². The molecule has 2 aromatic rings. The van der Waals surface area contributed by atoms with E-state index in [0.29, 0.717) is 18.3 Å². The first-order valence-electron chi connectivity index (χ1n) is 11.5. The second-order valence-corrected chi connectivity index (χ2v) is 9.54. The summed E-state index contributed by atoms with van der Waals surface area (Å²) in [6.07, 6.45) is -2.58. The molecular formula is C25H33F3N4O2. The number of rotatable bonds is 8. The third kappa shape index (κ3) is 6.85. The third-order valence-corrected chi connectivity index (χ3v) is 6.02. The number of carboxylic acid groups (broad SMARTS) is 1. The van der Waals surface area contributed by atoms with Crippen molar-refractivity contribution in [2.24, 2.45) is 5.92 Å². The molecule has 1 aliphatic rings. The first-order valence-corrected chi connectivity index (χ1v) is 11.5. The largest absolute Gasteiger partial charge is 0.480 e. The molecule has 1 N–H and O–H groups in total. The van der Waals surface area contributed by atoms with E-state index in [0.717, 1.165) is 55.1 Å². The van der Waals surface area contributed by atoms with Gasteiger partial charge in [-0.05, 0) is 54.7 Å². The number of carboxylic acids is 1. The number of anilines is 2. The third-order valence-electron chi connectivity index (χ3n) is 6.02. The normalized spacial score (nSPS) is 17.3. The van der Waals surface area contributed by atoms with Gasteiger partial charge in [-0.1, -0.05) is 19.9 Å². The number of hydrogen-bond acceptors (Lipinski definition) is 5. The standard InChI is InChI=1S/C25H33F3N4O2/c1-17(2)9-22-15-31(7-8-32(22)23-6-5-20(13-29-23)25(26,27)28)14-19-10-18(3)11-21(12-19)30(4)16-24(33)34/h5-6,10-13,17,22H,7-9,14-16H2,1-4H3,(H,33,34)/t22-/m1/s1. The maximum atomic E-state index is 12.9. The van der Waals surface area contributed by atoms with Crippen LogP contribution >= 0.6 is 0 Å². The van der Waals surface area contributed by atoms with Crippen LogP contribution in [0.1, 0.15) is 37.0 Å². The van der Waals surface area contributed by atoms with Gasteiger partial charge in [0.25, 0.3) is 0 Å². The minimum atomic E-state index is -4.40. The second kappa shape index (κ2) is 10.6. The Morgan fingerprint density at radius 3 is 2.56 bits per heavy atom. The number of aliphatic carboxylic acids is 1. The highest BCUT2D eigenvalue weighted by Crippen LogP contribution is 2.31. The van der Waals surface area contributed by atoms with Crippen LogP contribution in [-0.4, -0.2) is 60.2 Å². The first-order chi connectivity index (χ1) is 15.9. The van der Waals surface area contributed by atoms with Gasteiger partial charge in [-0.3, -0.25) is 9.69 Å². The van der Waals surface area contributed by atoms with Gasteiger partial charge >= 0.3 is 12.1 Å². The van der Waals surface area contributed by atoms with E-state index in [-0.39, 0.29) is 12.6 Å². The lowest BCUT2D eigenvalue weighted by molar-refractivity contribution is -0.138. The number of halogens is 3. The fraction of sp³-hybridized carbons (Fsp3) is 0.520. The fourth-order valence-corrected chi connectivity index (χ4v) is 4.54. The zero-order valence-corrected chi connectivity index (χ0v) is 20.1. The highest BCUT2D eigenvalue weighted by molar-refractivity contribution is 5.73. The average Bonchev–Trinajstić information content (AvgIpc) is 2.72. The van der Waals surface area contributed by atoms with Crippen molar-refractivity contribution in [1.29, 1.82) is 0 Å². The second-order valence-electron chi connectivity index (χ2n) is 9.54. The number of carbonyl (C=O) groups is 1. The van der Waals surface area contributed by atoms with Gasteiger partial charge in [0, 0.05) is 51.2 Å². The van der Waals surface area contributed by atoms with E-state index in [9.17, 15) is 18.0 Å². The van der Waals surface area contributed by atoms with Crippen molar-refractivity contribution < 1.29 is 23.1 Å². The molecule has 1 atom stereocenters. The van der Waals surface area contributed by atoms with Crippen molar-refractivity contribution in [2.75, 3.05) is 43.0 Å². The number of aryl methyl sites for hydroxylation is 1.